The van der Waals surface area contributed by atoms with Crippen molar-refractivity contribution in [3.05, 3.63) is 47.5 Å². The van der Waals surface area contributed by atoms with E-state index in [-0.39, 0.29) is 10.6 Å². The molecule has 22 heavy (non-hydrogen) atoms. The van der Waals surface area contributed by atoms with E-state index in [4.69, 9.17) is 9.47 Å². The third-order valence-corrected chi connectivity index (χ3v) is 4.68. The molecule has 6 heteroatoms. The van der Waals surface area contributed by atoms with Gasteiger partial charge in [0.05, 0.1) is 19.9 Å². The molecule has 0 bridgehead atoms. The zero-order valence-electron chi connectivity index (χ0n) is 13.0. The number of ether oxygens (including phenoxy) is 2. The van der Waals surface area contributed by atoms with Gasteiger partial charge in [-0.3, -0.25) is 4.72 Å². The lowest BCUT2D eigenvalue weighted by Gasteiger charge is -2.14. The number of aryl methyl sites for hydroxylation is 2. The van der Waals surface area contributed by atoms with Crippen LogP contribution in [0, 0.1) is 13.8 Å². The largest absolute Gasteiger partial charge is 0.497 e. The van der Waals surface area contributed by atoms with E-state index >= 15 is 0 Å². The Morgan fingerprint density at radius 3 is 2.32 bits per heavy atom. The van der Waals surface area contributed by atoms with Crippen molar-refractivity contribution in [3.8, 4) is 11.5 Å². The van der Waals surface area contributed by atoms with Crippen LogP contribution in [0.3, 0.4) is 0 Å². The highest BCUT2D eigenvalue weighted by Crippen LogP contribution is 2.30. The normalized spacial score (nSPS) is 11.1. The van der Waals surface area contributed by atoms with Crippen LogP contribution in [-0.2, 0) is 10.0 Å². The van der Waals surface area contributed by atoms with Crippen molar-refractivity contribution >= 4 is 15.7 Å². The number of sulfonamides is 1. The van der Waals surface area contributed by atoms with Gasteiger partial charge in [0.25, 0.3) is 10.0 Å². The van der Waals surface area contributed by atoms with Crippen LogP contribution in [0.1, 0.15) is 11.1 Å². The molecule has 0 saturated carbocycles. The molecular formula is C16H19NO4S. The van der Waals surface area contributed by atoms with E-state index < -0.39 is 10.0 Å². The molecule has 1 N–H and O–H groups in total. The van der Waals surface area contributed by atoms with Crippen molar-refractivity contribution in [2.24, 2.45) is 0 Å². The van der Waals surface area contributed by atoms with Gasteiger partial charge in [-0.2, -0.15) is 0 Å². The van der Waals surface area contributed by atoms with Crippen molar-refractivity contribution in [3.63, 3.8) is 0 Å². The molecule has 0 heterocycles. The van der Waals surface area contributed by atoms with Gasteiger partial charge in [0.2, 0.25) is 0 Å². The summed E-state index contributed by atoms with van der Waals surface area (Å²) in [5.41, 5.74) is 2.36. The molecule has 2 aromatic rings. The Morgan fingerprint density at radius 1 is 0.955 bits per heavy atom. The summed E-state index contributed by atoms with van der Waals surface area (Å²) in [5, 5.41) is 0. The number of nitrogens with one attached hydrogen (secondary N) is 1. The van der Waals surface area contributed by atoms with E-state index in [0.29, 0.717) is 11.4 Å². The molecule has 0 unspecified atom stereocenters. The van der Waals surface area contributed by atoms with Crippen molar-refractivity contribution in [1.29, 1.82) is 0 Å². The van der Waals surface area contributed by atoms with Crippen LogP contribution in [-0.4, -0.2) is 22.6 Å². The third kappa shape index (κ3) is 3.33. The topological polar surface area (TPSA) is 64.6 Å². The Balaban J connectivity index is 2.48. The van der Waals surface area contributed by atoms with Crippen LogP contribution in [0.15, 0.2) is 41.3 Å². The SMILES string of the molecule is COc1ccc(OC)c(S(=O)(=O)Nc2cc(C)ccc2C)c1. The zero-order valence-corrected chi connectivity index (χ0v) is 13.8. The van der Waals surface area contributed by atoms with Gasteiger partial charge < -0.3 is 9.47 Å². The number of hydrogen-bond donors (Lipinski definition) is 1. The minimum Gasteiger partial charge on any atom is -0.497 e. The monoisotopic (exact) mass is 321 g/mol. The lowest BCUT2D eigenvalue weighted by Crippen LogP contribution is -2.15. The van der Waals surface area contributed by atoms with Gasteiger partial charge in [0.1, 0.15) is 16.4 Å². The average molecular weight is 321 g/mol. The van der Waals surface area contributed by atoms with Crippen LogP contribution in [0.4, 0.5) is 5.69 Å². The molecule has 0 radical (unpaired) electrons. The van der Waals surface area contributed by atoms with Crippen molar-refractivity contribution in [2.75, 3.05) is 18.9 Å². The molecular weight excluding hydrogens is 302 g/mol. The lowest BCUT2D eigenvalue weighted by molar-refractivity contribution is 0.392. The number of anilines is 1. The molecule has 5 nitrogen and oxygen atoms in total. The van der Waals surface area contributed by atoms with E-state index in [2.05, 4.69) is 4.72 Å². The molecule has 0 aliphatic rings. The van der Waals surface area contributed by atoms with Gasteiger partial charge in [0, 0.05) is 6.07 Å². The fourth-order valence-corrected chi connectivity index (χ4v) is 3.35. The van der Waals surface area contributed by atoms with Gasteiger partial charge in [0.15, 0.2) is 0 Å². The van der Waals surface area contributed by atoms with Gasteiger partial charge in [-0.1, -0.05) is 12.1 Å². The van der Waals surface area contributed by atoms with Crippen molar-refractivity contribution in [1.82, 2.24) is 0 Å². The summed E-state index contributed by atoms with van der Waals surface area (Å²) in [6.07, 6.45) is 0. The molecule has 0 atom stereocenters. The summed E-state index contributed by atoms with van der Waals surface area (Å²) in [5.74, 6) is 0.709. The van der Waals surface area contributed by atoms with E-state index in [1.54, 1.807) is 18.2 Å². The van der Waals surface area contributed by atoms with E-state index in [1.807, 2.05) is 26.0 Å². The predicted molar refractivity (Wildman–Crippen MR) is 86.3 cm³/mol. The number of benzene rings is 2. The Hall–Kier alpha value is -2.21. The average Bonchev–Trinajstić information content (AvgIpc) is 2.50. The third-order valence-electron chi connectivity index (χ3n) is 3.30. The highest BCUT2D eigenvalue weighted by atomic mass is 32.2. The molecule has 0 aromatic heterocycles. The first-order valence-corrected chi connectivity index (χ1v) is 8.18. The summed E-state index contributed by atoms with van der Waals surface area (Å²) in [7, 11) is -0.871. The first-order chi connectivity index (χ1) is 10.4. The van der Waals surface area contributed by atoms with Crippen LogP contribution >= 0.6 is 0 Å². The molecule has 2 aromatic carbocycles. The molecule has 0 fully saturated rings. The maximum absolute atomic E-state index is 12.7. The van der Waals surface area contributed by atoms with Gasteiger partial charge in [-0.25, -0.2) is 8.42 Å². The summed E-state index contributed by atoms with van der Waals surface area (Å²) >= 11 is 0. The predicted octanol–water partition coefficient (Wildman–Crippen LogP) is 3.12. The van der Waals surface area contributed by atoms with Crippen LogP contribution in [0.2, 0.25) is 0 Å². The fourth-order valence-electron chi connectivity index (χ4n) is 2.04. The van der Waals surface area contributed by atoms with Gasteiger partial charge >= 0.3 is 0 Å². The molecule has 0 saturated heterocycles. The summed E-state index contributed by atoms with van der Waals surface area (Å²) in [4.78, 5) is 0.0373. The summed E-state index contributed by atoms with van der Waals surface area (Å²) in [6, 6.07) is 10.2. The molecule has 0 aliphatic carbocycles. The van der Waals surface area contributed by atoms with E-state index in [9.17, 15) is 8.42 Å². The molecule has 118 valence electrons. The van der Waals surface area contributed by atoms with Crippen molar-refractivity contribution < 1.29 is 17.9 Å². The van der Waals surface area contributed by atoms with Crippen LogP contribution in [0.25, 0.3) is 0 Å². The Bertz CT molecular complexity index is 785. The minimum atomic E-state index is -3.78. The molecule has 0 spiro atoms. The highest BCUT2D eigenvalue weighted by molar-refractivity contribution is 7.92. The van der Waals surface area contributed by atoms with E-state index in [0.717, 1.165) is 11.1 Å². The minimum absolute atomic E-state index is 0.0373. The maximum atomic E-state index is 12.7. The maximum Gasteiger partial charge on any atom is 0.265 e. The Kier molecular flexibility index (Phi) is 4.61. The first-order valence-electron chi connectivity index (χ1n) is 6.69. The quantitative estimate of drug-likeness (QED) is 0.919. The second kappa shape index (κ2) is 6.27. The number of rotatable bonds is 5. The fraction of sp³-hybridized carbons (Fsp3) is 0.250. The summed E-state index contributed by atoms with van der Waals surface area (Å²) < 4.78 is 38.2. The smallest absolute Gasteiger partial charge is 0.265 e. The van der Waals surface area contributed by atoms with Gasteiger partial charge in [-0.15, -0.1) is 0 Å². The lowest BCUT2D eigenvalue weighted by atomic mass is 10.1. The molecule has 0 aliphatic heterocycles. The second-order valence-electron chi connectivity index (χ2n) is 4.94. The molecule has 2 rings (SSSR count). The van der Waals surface area contributed by atoms with Gasteiger partial charge in [-0.05, 0) is 43.2 Å². The standard InChI is InChI=1S/C16H19NO4S/c1-11-5-6-12(2)14(9-11)17-22(18,19)16-10-13(20-3)7-8-15(16)21-4/h5-10,17H,1-4H3. The van der Waals surface area contributed by atoms with E-state index in [1.165, 1.54) is 20.3 Å². The molecule has 0 amide bonds. The van der Waals surface area contributed by atoms with Crippen molar-refractivity contribution in [2.45, 2.75) is 18.7 Å². The first kappa shape index (κ1) is 16.2. The van der Waals surface area contributed by atoms with Crippen LogP contribution < -0.4 is 14.2 Å². The summed E-state index contributed by atoms with van der Waals surface area (Å²) in [6.45, 7) is 3.75. The Labute approximate surface area is 130 Å². The zero-order chi connectivity index (χ0) is 16.3. The van der Waals surface area contributed by atoms with Crippen LogP contribution in [0.5, 0.6) is 11.5 Å². The highest BCUT2D eigenvalue weighted by Gasteiger charge is 2.21. The number of methoxy groups -OCH3 is 2. The second-order valence-corrected chi connectivity index (χ2v) is 6.59. The Morgan fingerprint density at radius 2 is 1.68 bits per heavy atom. The number of hydrogen-bond acceptors (Lipinski definition) is 4.